The molecular weight excluding hydrogens is 390 g/mol. The van der Waals surface area contributed by atoms with E-state index >= 15 is 0 Å². The maximum absolute atomic E-state index is 12.7. The number of amides is 1. The zero-order valence-electron chi connectivity index (χ0n) is 14.2. The molecule has 0 spiro atoms. The maximum atomic E-state index is 12.7. The molecule has 0 unspecified atom stereocenters. The van der Waals surface area contributed by atoms with Gasteiger partial charge in [0, 0.05) is 12.0 Å². The molecule has 1 heterocycles. The van der Waals surface area contributed by atoms with Gasteiger partial charge in [-0.05, 0) is 18.6 Å². The number of carboxylic acids is 2. The van der Waals surface area contributed by atoms with Crippen LogP contribution in [0.5, 0.6) is 5.75 Å². The lowest BCUT2D eigenvalue weighted by Gasteiger charge is -2.22. The fourth-order valence-electron chi connectivity index (χ4n) is 2.39. The quantitative estimate of drug-likeness (QED) is 0.366. The Morgan fingerprint density at radius 1 is 1.33 bits per heavy atom. The molecule has 0 aliphatic carbocycles. The van der Waals surface area contributed by atoms with Crippen molar-refractivity contribution in [2.45, 2.75) is 18.9 Å². The van der Waals surface area contributed by atoms with Crippen molar-refractivity contribution in [2.24, 2.45) is 0 Å². The van der Waals surface area contributed by atoms with Crippen LogP contribution in [0, 0.1) is 0 Å². The first kappa shape index (κ1) is 20.7. The summed E-state index contributed by atoms with van der Waals surface area (Å²) < 4.78 is 5.62. The predicted octanol–water partition coefficient (Wildman–Crippen LogP) is 2.77. The number of benzene rings is 1. The summed E-state index contributed by atoms with van der Waals surface area (Å²) >= 11 is 6.13. The van der Waals surface area contributed by atoms with Gasteiger partial charge in [0.1, 0.15) is 22.7 Å². The second-order valence-corrected chi connectivity index (χ2v) is 7.15. The number of para-hydroxylation sites is 1. The molecule has 9 heteroatoms. The lowest BCUT2D eigenvalue weighted by molar-refractivity contribution is -0.146. The van der Waals surface area contributed by atoms with E-state index in [0.717, 1.165) is 16.7 Å². The number of thioether (sulfide) groups is 1. The zero-order chi connectivity index (χ0) is 20.0. The minimum absolute atomic E-state index is 0.0773. The van der Waals surface area contributed by atoms with Gasteiger partial charge in [-0.25, -0.2) is 4.79 Å². The lowest BCUT2D eigenvalue weighted by atomic mass is 10.1. The highest BCUT2D eigenvalue weighted by Crippen LogP contribution is 2.36. The Hall–Kier alpha value is -2.65. The molecule has 2 rings (SSSR count). The van der Waals surface area contributed by atoms with Gasteiger partial charge >= 0.3 is 11.9 Å². The molecule has 1 aromatic carbocycles. The number of aliphatic carboxylic acids is 2. The Morgan fingerprint density at radius 3 is 2.67 bits per heavy atom. The normalized spacial score (nSPS) is 16.4. The maximum Gasteiger partial charge on any atom is 0.326 e. The summed E-state index contributed by atoms with van der Waals surface area (Å²) in [6.07, 6.45) is 2.55. The highest BCUT2D eigenvalue weighted by atomic mass is 32.2. The van der Waals surface area contributed by atoms with Gasteiger partial charge in [0.05, 0.1) is 4.91 Å². The number of ether oxygens (including phenoxy) is 1. The first-order valence-corrected chi connectivity index (χ1v) is 9.12. The fourth-order valence-corrected chi connectivity index (χ4v) is 3.74. The molecule has 142 valence electrons. The molecule has 1 saturated heterocycles. The summed E-state index contributed by atoms with van der Waals surface area (Å²) in [7, 11) is 0. The van der Waals surface area contributed by atoms with Gasteiger partial charge in [-0.15, -0.1) is 0 Å². The van der Waals surface area contributed by atoms with E-state index in [-0.39, 0.29) is 22.1 Å². The van der Waals surface area contributed by atoms with Crippen LogP contribution in [0.25, 0.3) is 6.08 Å². The van der Waals surface area contributed by atoms with Crippen LogP contribution in [-0.4, -0.2) is 49.9 Å². The number of hydrogen-bond acceptors (Lipinski definition) is 6. The van der Waals surface area contributed by atoms with Gasteiger partial charge < -0.3 is 14.9 Å². The Kier molecular flexibility index (Phi) is 7.14. The third kappa shape index (κ3) is 5.18. The van der Waals surface area contributed by atoms with E-state index in [0.29, 0.717) is 17.9 Å². The molecule has 7 nitrogen and oxygen atoms in total. The molecule has 1 atom stereocenters. The van der Waals surface area contributed by atoms with Crippen LogP contribution in [-0.2, 0) is 14.4 Å². The van der Waals surface area contributed by atoms with Crippen molar-refractivity contribution in [1.29, 1.82) is 0 Å². The summed E-state index contributed by atoms with van der Waals surface area (Å²) in [5.41, 5.74) is 0.636. The molecule has 0 bridgehead atoms. The van der Waals surface area contributed by atoms with Crippen molar-refractivity contribution in [1.82, 2.24) is 4.90 Å². The van der Waals surface area contributed by atoms with Crippen molar-refractivity contribution in [3.05, 3.63) is 47.4 Å². The molecule has 1 fully saturated rings. The molecule has 1 amide bonds. The zero-order valence-corrected chi connectivity index (χ0v) is 15.8. The van der Waals surface area contributed by atoms with E-state index in [1.165, 1.54) is 0 Å². The van der Waals surface area contributed by atoms with Gasteiger partial charge in [0.25, 0.3) is 5.91 Å². The number of hydrogen-bond donors (Lipinski definition) is 2. The molecule has 0 saturated carbocycles. The number of carboxylic acid groups (broad SMARTS) is 2. The minimum atomic E-state index is -1.33. The Labute approximate surface area is 165 Å². The average Bonchev–Trinajstić information content (AvgIpc) is 2.88. The van der Waals surface area contributed by atoms with E-state index in [1.54, 1.807) is 36.4 Å². The molecule has 1 aliphatic heterocycles. The number of rotatable bonds is 9. The van der Waals surface area contributed by atoms with E-state index < -0.39 is 23.9 Å². The van der Waals surface area contributed by atoms with Crippen molar-refractivity contribution >= 4 is 52.2 Å². The lowest BCUT2D eigenvalue weighted by Crippen LogP contribution is -2.44. The molecule has 1 aromatic rings. The van der Waals surface area contributed by atoms with Crippen molar-refractivity contribution in [2.75, 3.05) is 6.61 Å². The molecule has 2 N–H and O–H groups in total. The molecule has 0 aromatic heterocycles. The van der Waals surface area contributed by atoms with Crippen LogP contribution in [0.15, 0.2) is 41.8 Å². The van der Waals surface area contributed by atoms with E-state index in [2.05, 4.69) is 6.58 Å². The van der Waals surface area contributed by atoms with Gasteiger partial charge in [0.15, 0.2) is 0 Å². The second kappa shape index (κ2) is 9.33. The van der Waals surface area contributed by atoms with E-state index in [4.69, 9.17) is 22.1 Å². The Balaban J connectivity index is 2.29. The number of thiocarbonyl (C=S) groups is 1. The van der Waals surface area contributed by atoms with Crippen LogP contribution >= 0.6 is 24.0 Å². The highest BCUT2D eigenvalue weighted by molar-refractivity contribution is 8.26. The summed E-state index contributed by atoms with van der Waals surface area (Å²) in [5.74, 6) is -2.47. The largest absolute Gasteiger partial charge is 0.489 e. The van der Waals surface area contributed by atoms with Crippen LogP contribution in [0.1, 0.15) is 18.4 Å². The van der Waals surface area contributed by atoms with Crippen LogP contribution < -0.4 is 4.74 Å². The number of carbonyl (C=O) groups excluding carboxylic acids is 1. The molecule has 0 radical (unpaired) electrons. The van der Waals surface area contributed by atoms with Gasteiger partial charge in [-0.1, -0.05) is 54.8 Å². The summed E-state index contributed by atoms with van der Waals surface area (Å²) in [5, 5.41) is 18.2. The van der Waals surface area contributed by atoms with Crippen LogP contribution in [0.3, 0.4) is 0 Å². The summed E-state index contributed by atoms with van der Waals surface area (Å²) in [6.45, 7) is 3.88. The Bertz CT molecular complexity index is 820. The van der Waals surface area contributed by atoms with E-state index in [9.17, 15) is 19.5 Å². The first-order valence-electron chi connectivity index (χ1n) is 7.89. The second-order valence-electron chi connectivity index (χ2n) is 5.48. The monoisotopic (exact) mass is 407 g/mol. The average molecular weight is 407 g/mol. The first-order chi connectivity index (χ1) is 12.8. The third-order valence-corrected chi connectivity index (χ3v) is 4.94. The summed E-state index contributed by atoms with van der Waals surface area (Å²) in [6, 6.07) is 5.73. The third-order valence-electron chi connectivity index (χ3n) is 3.61. The van der Waals surface area contributed by atoms with Gasteiger partial charge in [-0.2, -0.15) is 0 Å². The standard InChI is InChI=1S/C18H17NO6S2/c1-2-9-25-13-6-4-3-5-11(13)10-14-16(22)19(18(26)27-14)12(17(23)24)7-8-15(20)21/h2-6,10,12H,1,7-9H2,(H,20,21)(H,23,24)/b14-10-/t12-/m0/s1. The van der Waals surface area contributed by atoms with Crippen molar-refractivity contribution < 1.29 is 29.3 Å². The molecule has 27 heavy (non-hydrogen) atoms. The van der Waals surface area contributed by atoms with Crippen LogP contribution in [0.2, 0.25) is 0 Å². The van der Waals surface area contributed by atoms with Crippen molar-refractivity contribution in [3.8, 4) is 5.75 Å². The SMILES string of the molecule is C=CCOc1ccccc1/C=C1\SC(=S)N([C@@H](CCC(=O)O)C(=O)O)C1=O. The molecular formula is C18H17NO6S2. The predicted molar refractivity (Wildman–Crippen MR) is 105 cm³/mol. The van der Waals surface area contributed by atoms with E-state index in [1.807, 2.05) is 0 Å². The van der Waals surface area contributed by atoms with Gasteiger partial charge in [0.2, 0.25) is 0 Å². The number of nitrogens with zero attached hydrogens (tertiary/aromatic N) is 1. The highest BCUT2D eigenvalue weighted by Gasteiger charge is 2.40. The fraction of sp³-hybridized carbons (Fsp3) is 0.222. The van der Waals surface area contributed by atoms with Crippen LogP contribution in [0.4, 0.5) is 0 Å². The van der Waals surface area contributed by atoms with Crippen molar-refractivity contribution in [3.63, 3.8) is 0 Å². The topological polar surface area (TPSA) is 104 Å². The smallest absolute Gasteiger partial charge is 0.326 e. The van der Waals surface area contributed by atoms with Gasteiger partial charge in [-0.3, -0.25) is 14.5 Å². The number of carbonyl (C=O) groups is 3. The summed E-state index contributed by atoms with van der Waals surface area (Å²) in [4.78, 5) is 36.2. The minimum Gasteiger partial charge on any atom is -0.489 e. The Morgan fingerprint density at radius 2 is 2.04 bits per heavy atom. The molecule has 1 aliphatic rings.